The number of amides is 1. The second-order valence-corrected chi connectivity index (χ2v) is 8.25. The summed E-state index contributed by atoms with van der Waals surface area (Å²) in [7, 11) is 0. The highest BCUT2D eigenvalue weighted by Crippen LogP contribution is 2.33. The van der Waals surface area contributed by atoms with Gasteiger partial charge in [-0.1, -0.05) is 0 Å². The van der Waals surface area contributed by atoms with Gasteiger partial charge in [-0.05, 0) is 63.0 Å². The number of fused-ring (bicyclic) bond motifs is 3. The van der Waals surface area contributed by atoms with Gasteiger partial charge in [0.2, 0.25) is 0 Å². The lowest BCUT2D eigenvalue weighted by molar-refractivity contribution is -0.274. The second-order valence-electron chi connectivity index (χ2n) is 7.22. The largest absolute Gasteiger partial charge is 0.573 e. The number of nitrogens with one attached hydrogen (secondary N) is 1. The minimum absolute atomic E-state index is 0.138. The van der Waals surface area contributed by atoms with Crippen LogP contribution < -0.4 is 10.1 Å². The minimum Gasteiger partial charge on any atom is -0.406 e. The summed E-state index contributed by atoms with van der Waals surface area (Å²) in [4.78, 5) is 19.8. The lowest BCUT2D eigenvalue weighted by Gasteiger charge is -2.49. The lowest BCUT2D eigenvalue weighted by atomic mass is 9.79. The Morgan fingerprint density at radius 3 is 2.54 bits per heavy atom. The maximum atomic E-state index is 12.7. The average molecular weight is 411 g/mol. The fraction of sp³-hybridized carbons (Fsp3) is 0.474. The number of benzene rings is 1. The molecular weight excluding hydrogens is 391 g/mol. The zero-order chi connectivity index (χ0) is 19.9. The maximum Gasteiger partial charge on any atom is 0.573 e. The molecule has 0 saturated carbocycles. The third-order valence-electron chi connectivity index (χ3n) is 5.54. The summed E-state index contributed by atoms with van der Waals surface area (Å²) in [5.74, 6) is 0.0750. The van der Waals surface area contributed by atoms with Crippen molar-refractivity contribution in [3.8, 4) is 16.3 Å². The molecule has 28 heavy (non-hydrogen) atoms. The number of ether oxygens (including phenoxy) is 1. The zero-order valence-electron chi connectivity index (χ0n) is 15.2. The molecule has 9 heteroatoms. The normalized spacial score (nSPS) is 26.9. The molecule has 1 amide bonds. The van der Waals surface area contributed by atoms with Gasteiger partial charge in [-0.2, -0.15) is 0 Å². The van der Waals surface area contributed by atoms with Crippen LogP contribution in [0.2, 0.25) is 0 Å². The third-order valence-corrected chi connectivity index (χ3v) is 6.59. The molecule has 0 radical (unpaired) electrons. The Hall–Kier alpha value is -2.13. The van der Waals surface area contributed by atoms with Crippen LogP contribution in [-0.2, 0) is 0 Å². The van der Waals surface area contributed by atoms with Crippen molar-refractivity contribution in [1.29, 1.82) is 0 Å². The number of nitrogens with zero attached hydrogens (tertiary/aromatic N) is 2. The Morgan fingerprint density at radius 2 is 1.93 bits per heavy atom. The summed E-state index contributed by atoms with van der Waals surface area (Å²) >= 11 is 1.22. The molecule has 3 saturated heterocycles. The van der Waals surface area contributed by atoms with Crippen LogP contribution in [0.3, 0.4) is 0 Å². The Bertz CT molecular complexity index is 843. The number of halogens is 3. The fourth-order valence-electron chi connectivity index (χ4n) is 4.08. The summed E-state index contributed by atoms with van der Waals surface area (Å²) in [6.45, 7) is 4.34. The molecule has 2 atom stereocenters. The number of piperidine rings is 3. The van der Waals surface area contributed by atoms with Gasteiger partial charge in [-0.3, -0.25) is 9.69 Å². The zero-order valence-corrected chi connectivity index (χ0v) is 16.0. The molecule has 4 heterocycles. The molecule has 3 aliphatic rings. The Labute approximate surface area is 164 Å². The number of aromatic nitrogens is 1. The first-order valence-electron chi connectivity index (χ1n) is 9.17. The summed E-state index contributed by atoms with van der Waals surface area (Å²) in [6.07, 6.45) is -0.993. The molecule has 3 aliphatic heterocycles. The molecule has 5 nitrogen and oxygen atoms in total. The quantitative estimate of drug-likeness (QED) is 0.829. The van der Waals surface area contributed by atoms with E-state index in [1.165, 1.54) is 41.8 Å². The maximum absolute atomic E-state index is 12.7. The predicted octanol–water partition coefficient (Wildman–Crippen LogP) is 3.92. The van der Waals surface area contributed by atoms with Crippen molar-refractivity contribution >= 4 is 17.2 Å². The van der Waals surface area contributed by atoms with E-state index >= 15 is 0 Å². The Balaban J connectivity index is 1.43. The number of alkyl halides is 3. The monoisotopic (exact) mass is 411 g/mol. The number of hydrogen-bond acceptors (Lipinski definition) is 5. The van der Waals surface area contributed by atoms with Crippen LogP contribution in [0.1, 0.15) is 29.4 Å². The topological polar surface area (TPSA) is 54.5 Å². The van der Waals surface area contributed by atoms with Crippen molar-refractivity contribution in [3.63, 3.8) is 0 Å². The van der Waals surface area contributed by atoms with Crippen molar-refractivity contribution in [2.24, 2.45) is 5.92 Å². The molecule has 0 aliphatic carbocycles. The molecular formula is C19H20F3N3O2S. The molecule has 1 aromatic carbocycles. The van der Waals surface area contributed by atoms with Gasteiger partial charge in [0.25, 0.3) is 5.91 Å². The van der Waals surface area contributed by atoms with E-state index in [0.29, 0.717) is 27.4 Å². The van der Waals surface area contributed by atoms with Gasteiger partial charge in [-0.25, -0.2) is 4.98 Å². The van der Waals surface area contributed by atoms with Crippen LogP contribution in [0.25, 0.3) is 10.6 Å². The van der Waals surface area contributed by atoms with E-state index in [1.54, 1.807) is 0 Å². The van der Waals surface area contributed by atoms with E-state index in [4.69, 9.17) is 0 Å². The molecule has 2 aromatic rings. The highest BCUT2D eigenvalue weighted by Gasteiger charge is 2.40. The molecule has 2 unspecified atom stereocenters. The van der Waals surface area contributed by atoms with Gasteiger partial charge in [0, 0.05) is 17.6 Å². The van der Waals surface area contributed by atoms with Crippen LogP contribution >= 0.6 is 11.3 Å². The molecule has 2 bridgehead atoms. The minimum atomic E-state index is -4.72. The standard InChI is InChI=1S/C19H20F3N3O2S/c1-11-16(12-6-8-25(11)9-7-12)24-17(26)15-10-23-18(28-15)13-2-4-14(5-3-13)27-19(20,21)22/h2-5,10-12,16H,6-9H2,1H3,(H,24,26). The summed E-state index contributed by atoms with van der Waals surface area (Å²) in [5.41, 5.74) is 0.634. The first kappa shape index (κ1) is 19.2. The van der Waals surface area contributed by atoms with Crippen molar-refractivity contribution in [2.75, 3.05) is 13.1 Å². The first-order valence-corrected chi connectivity index (χ1v) is 9.99. The smallest absolute Gasteiger partial charge is 0.406 e. The highest BCUT2D eigenvalue weighted by atomic mass is 32.1. The molecule has 3 fully saturated rings. The van der Waals surface area contributed by atoms with Gasteiger partial charge in [0.05, 0.1) is 6.20 Å². The first-order chi connectivity index (χ1) is 13.3. The summed E-state index contributed by atoms with van der Waals surface area (Å²) < 4.78 is 40.6. The van der Waals surface area contributed by atoms with Crippen molar-refractivity contribution < 1.29 is 22.7 Å². The van der Waals surface area contributed by atoms with Crippen LogP contribution in [0.15, 0.2) is 30.5 Å². The molecule has 1 aromatic heterocycles. The molecule has 0 spiro atoms. The van der Waals surface area contributed by atoms with Crippen LogP contribution in [0.4, 0.5) is 13.2 Å². The van der Waals surface area contributed by atoms with Crippen molar-refractivity contribution in [1.82, 2.24) is 15.2 Å². The van der Waals surface area contributed by atoms with Crippen LogP contribution in [-0.4, -0.2) is 47.3 Å². The van der Waals surface area contributed by atoms with E-state index < -0.39 is 6.36 Å². The van der Waals surface area contributed by atoms with E-state index in [1.807, 2.05) is 0 Å². The van der Waals surface area contributed by atoms with E-state index in [-0.39, 0.29) is 17.7 Å². The number of thiazole rings is 1. The predicted molar refractivity (Wildman–Crippen MR) is 99.2 cm³/mol. The van der Waals surface area contributed by atoms with Crippen molar-refractivity contribution in [2.45, 2.75) is 38.2 Å². The Kier molecular flexibility index (Phi) is 5.05. The Morgan fingerprint density at radius 1 is 1.25 bits per heavy atom. The van der Waals surface area contributed by atoms with E-state index in [2.05, 4.69) is 26.9 Å². The van der Waals surface area contributed by atoms with Gasteiger partial charge in [-0.15, -0.1) is 24.5 Å². The van der Waals surface area contributed by atoms with Crippen molar-refractivity contribution in [3.05, 3.63) is 35.3 Å². The van der Waals surface area contributed by atoms with E-state index in [0.717, 1.165) is 25.9 Å². The number of carbonyl (C=O) groups is 1. The van der Waals surface area contributed by atoms with Crippen LogP contribution in [0.5, 0.6) is 5.75 Å². The van der Waals surface area contributed by atoms with Gasteiger partial charge in [0.1, 0.15) is 15.6 Å². The number of carbonyl (C=O) groups excluding carboxylic acids is 1. The lowest BCUT2D eigenvalue weighted by Crippen LogP contribution is -2.62. The SMILES string of the molecule is CC1C(NC(=O)c2cnc(-c3ccc(OC(F)(F)F)cc3)s2)C2CCN1CC2. The molecule has 1 N–H and O–H groups in total. The number of hydrogen-bond donors (Lipinski definition) is 1. The van der Waals surface area contributed by atoms with Gasteiger partial charge >= 0.3 is 6.36 Å². The second kappa shape index (κ2) is 7.36. The average Bonchev–Trinajstić information content (AvgIpc) is 3.14. The summed E-state index contributed by atoms with van der Waals surface area (Å²) in [6, 6.07) is 5.93. The number of rotatable bonds is 4. The highest BCUT2D eigenvalue weighted by molar-refractivity contribution is 7.16. The van der Waals surface area contributed by atoms with Gasteiger partial charge < -0.3 is 10.1 Å². The van der Waals surface area contributed by atoms with Gasteiger partial charge in [0.15, 0.2) is 0 Å². The fourth-order valence-corrected chi connectivity index (χ4v) is 4.90. The third kappa shape index (κ3) is 4.00. The van der Waals surface area contributed by atoms with E-state index in [9.17, 15) is 18.0 Å². The van der Waals surface area contributed by atoms with Crippen LogP contribution in [0, 0.1) is 5.92 Å². The summed E-state index contributed by atoms with van der Waals surface area (Å²) in [5, 5.41) is 3.74. The molecule has 150 valence electrons. The molecule has 5 rings (SSSR count).